The number of hydrogen-bond acceptors (Lipinski definition) is 2. The molecule has 0 saturated carbocycles. The lowest BCUT2D eigenvalue weighted by Crippen LogP contribution is -2.35. The van der Waals surface area contributed by atoms with Gasteiger partial charge < -0.3 is 10.6 Å². The summed E-state index contributed by atoms with van der Waals surface area (Å²) >= 11 is 0. The second-order valence-corrected chi connectivity index (χ2v) is 4.82. The maximum absolute atomic E-state index is 11.8. The Morgan fingerprint density at radius 3 is 2.58 bits per heavy atom. The molecule has 2 amide bonds. The highest BCUT2D eigenvalue weighted by Gasteiger charge is 2.12. The summed E-state index contributed by atoms with van der Waals surface area (Å²) in [6, 6.07) is 5.75. The van der Waals surface area contributed by atoms with Crippen molar-refractivity contribution in [1.29, 1.82) is 0 Å². The molecule has 2 N–H and O–H groups in total. The molecule has 1 aromatic carbocycles. The van der Waals surface area contributed by atoms with Crippen LogP contribution in [0.2, 0.25) is 0 Å². The van der Waals surface area contributed by atoms with Crippen LogP contribution in [-0.2, 0) is 9.59 Å². The number of benzene rings is 1. The van der Waals surface area contributed by atoms with Gasteiger partial charge in [-0.1, -0.05) is 26.0 Å². The lowest BCUT2D eigenvalue weighted by molar-refractivity contribution is -0.126. The first-order valence-electron chi connectivity index (χ1n) is 6.59. The number of hydrogen-bond donors (Lipinski definition) is 2. The molecule has 104 valence electrons. The molecule has 4 heteroatoms. The Morgan fingerprint density at radius 2 is 1.95 bits per heavy atom. The maximum Gasteiger partial charge on any atom is 0.243 e. The van der Waals surface area contributed by atoms with Crippen molar-refractivity contribution in [3.05, 3.63) is 29.3 Å². The van der Waals surface area contributed by atoms with Crippen molar-refractivity contribution in [2.75, 3.05) is 11.9 Å². The van der Waals surface area contributed by atoms with E-state index in [2.05, 4.69) is 10.6 Å². The summed E-state index contributed by atoms with van der Waals surface area (Å²) in [5, 5.41) is 5.45. The smallest absolute Gasteiger partial charge is 0.243 e. The minimum absolute atomic E-state index is 0.0105. The molecule has 1 aromatic rings. The van der Waals surface area contributed by atoms with E-state index < -0.39 is 0 Å². The second-order valence-electron chi connectivity index (χ2n) is 4.82. The van der Waals surface area contributed by atoms with E-state index in [0.29, 0.717) is 0 Å². The summed E-state index contributed by atoms with van der Waals surface area (Å²) in [6.07, 6.45) is 0.768. The van der Waals surface area contributed by atoms with Crippen LogP contribution in [0.3, 0.4) is 0 Å². The van der Waals surface area contributed by atoms with Gasteiger partial charge in [0.2, 0.25) is 11.8 Å². The molecule has 0 aliphatic carbocycles. The van der Waals surface area contributed by atoms with E-state index in [4.69, 9.17) is 0 Å². The molecule has 19 heavy (non-hydrogen) atoms. The van der Waals surface area contributed by atoms with Crippen LogP contribution in [0.15, 0.2) is 18.2 Å². The van der Waals surface area contributed by atoms with Gasteiger partial charge in [-0.15, -0.1) is 0 Å². The minimum atomic E-state index is -0.203. The summed E-state index contributed by atoms with van der Waals surface area (Å²) in [5.74, 6) is -0.350. The highest BCUT2D eigenvalue weighted by Crippen LogP contribution is 2.17. The van der Waals surface area contributed by atoms with Gasteiger partial charge in [0.05, 0.1) is 6.54 Å². The molecule has 0 fully saturated rings. The van der Waals surface area contributed by atoms with Crippen molar-refractivity contribution in [3.8, 4) is 0 Å². The number of carbonyl (C=O) groups excluding carboxylic acids is 2. The van der Waals surface area contributed by atoms with E-state index in [-0.39, 0.29) is 24.3 Å². The average molecular weight is 262 g/mol. The van der Waals surface area contributed by atoms with Crippen LogP contribution >= 0.6 is 0 Å². The van der Waals surface area contributed by atoms with Crippen molar-refractivity contribution in [2.45, 2.75) is 34.1 Å². The Morgan fingerprint density at radius 1 is 1.26 bits per heavy atom. The molecule has 0 unspecified atom stereocenters. The van der Waals surface area contributed by atoms with Crippen molar-refractivity contribution in [1.82, 2.24) is 5.32 Å². The van der Waals surface area contributed by atoms with Crippen LogP contribution in [0.1, 0.15) is 31.4 Å². The van der Waals surface area contributed by atoms with Crippen LogP contribution < -0.4 is 10.6 Å². The van der Waals surface area contributed by atoms with Crippen LogP contribution in [-0.4, -0.2) is 18.4 Å². The standard InChI is InChI=1S/C15H22N2O2/c1-5-10(2)15(19)16-9-14(18)17-13-8-6-7-11(3)12(13)4/h6-8,10H,5,9H2,1-4H3,(H,16,19)(H,17,18)/t10-/m1/s1. The Kier molecular flexibility index (Phi) is 5.55. The highest BCUT2D eigenvalue weighted by molar-refractivity contribution is 5.95. The van der Waals surface area contributed by atoms with Crippen molar-refractivity contribution < 1.29 is 9.59 Å². The summed E-state index contributed by atoms with van der Waals surface area (Å²) in [5.41, 5.74) is 2.97. The van der Waals surface area contributed by atoms with Crippen LogP contribution in [0.5, 0.6) is 0 Å². The third kappa shape index (κ3) is 4.39. The predicted octanol–water partition coefficient (Wildman–Crippen LogP) is 2.40. The third-order valence-corrected chi connectivity index (χ3v) is 3.36. The van der Waals surface area contributed by atoms with E-state index in [9.17, 15) is 9.59 Å². The van der Waals surface area contributed by atoms with E-state index in [1.54, 1.807) is 0 Å². The van der Waals surface area contributed by atoms with E-state index >= 15 is 0 Å². The van der Waals surface area contributed by atoms with Crippen LogP contribution in [0.25, 0.3) is 0 Å². The molecule has 4 nitrogen and oxygen atoms in total. The first-order valence-corrected chi connectivity index (χ1v) is 6.59. The molecule has 0 aliphatic heterocycles. The van der Waals surface area contributed by atoms with Crippen LogP contribution in [0.4, 0.5) is 5.69 Å². The summed E-state index contributed by atoms with van der Waals surface area (Å²) < 4.78 is 0. The summed E-state index contributed by atoms with van der Waals surface area (Å²) in [7, 11) is 0. The van der Waals surface area contributed by atoms with Gasteiger partial charge in [-0.3, -0.25) is 9.59 Å². The molecule has 0 heterocycles. The zero-order valence-electron chi connectivity index (χ0n) is 12.0. The number of carbonyl (C=O) groups is 2. The first-order chi connectivity index (χ1) is 8.95. The Bertz CT molecular complexity index is 469. The number of aryl methyl sites for hydroxylation is 1. The molecule has 1 rings (SSSR count). The Labute approximate surface area is 114 Å². The predicted molar refractivity (Wildman–Crippen MR) is 77.0 cm³/mol. The quantitative estimate of drug-likeness (QED) is 0.856. The molecular formula is C15H22N2O2. The molecule has 0 aliphatic rings. The van der Waals surface area contributed by atoms with E-state index in [1.165, 1.54) is 0 Å². The van der Waals surface area contributed by atoms with Crippen molar-refractivity contribution in [3.63, 3.8) is 0 Å². The first kappa shape index (κ1) is 15.2. The average Bonchev–Trinajstić information content (AvgIpc) is 2.40. The topological polar surface area (TPSA) is 58.2 Å². The number of nitrogens with one attached hydrogen (secondary N) is 2. The molecule has 0 radical (unpaired) electrons. The lowest BCUT2D eigenvalue weighted by Gasteiger charge is -2.12. The third-order valence-electron chi connectivity index (χ3n) is 3.36. The van der Waals surface area contributed by atoms with Gasteiger partial charge >= 0.3 is 0 Å². The van der Waals surface area contributed by atoms with Crippen molar-refractivity contribution >= 4 is 17.5 Å². The fraction of sp³-hybridized carbons (Fsp3) is 0.467. The summed E-state index contributed by atoms with van der Waals surface area (Å²) in [6.45, 7) is 7.76. The minimum Gasteiger partial charge on any atom is -0.347 e. The lowest BCUT2D eigenvalue weighted by atomic mass is 10.1. The van der Waals surface area contributed by atoms with E-state index in [1.807, 2.05) is 45.9 Å². The Balaban J connectivity index is 2.52. The van der Waals surface area contributed by atoms with Gasteiger partial charge in [-0.25, -0.2) is 0 Å². The van der Waals surface area contributed by atoms with Gasteiger partial charge in [0, 0.05) is 11.6 Å². The monoisotopic (exact) mass is 262 g/mol. The molecule has 0 aromatic heterocycles. The van der Waals surface area contributed by atoms with Crippen molar-refractivity contribution in [2.24, 2.45) is 5.92 Å². The molecule has 0 spiro atoms. The van der Waals surface area contributed by atoms with Gasteiger partial charge in [-0.2, -0.15) is 0 Å². The molecule has 0 saturated heterocycles. The fourth-order valence-electron chi connectivity index (χ4n) is 1.61. The highest BCUT2D eigenvalue weighted by atomic mass is 16.2. The number of rotatable bonds is 5. The zero-order chi connectivity index (χ0) is 14.4. The molecule has 1 atom stereocenters. The summed E-state index contributed by atoms with van der Waals surface area (Å²) in [4.78, 5) is 23.3. The van der Waals surface area contributed by atoms with Gasteiger partial charge in [0.1, 0.15) is 0 Å². The van der Waals surface area contributed by atoms with Gasteiger partial charge in [0.25, 0.3) is 0 Å². The normalized spacial score (nSPS) is 11.8. The van der Waals surface area contributed by atoms with Gasteiger partial charge in [0.15, 0.2) is 0 Å². The SMILES string of the molecule is CC[C@@H](C)C(=O)NCC(=O)Nc1cccc(C)c1C. The molecule has 0 bridgehead atoms. The van der Waals surface area contributed by atoms with Crippen LogP contribution in [0, 0.1) is 19.8 Å². The largest absolute Gasteiger partial charge is 0.347 e. The Hall–Kier alpha value is -1.84. The zero-order valence-corrected chi connectivity index (χ0v) is 12.0. The van der Waals surface area contributed by atoms with E-state index in [0.717, 1.165) is 23.2 Å². The number of amides is 2. The second kappa shape index (κ2) is 6.92. The number of anilines is 1. The molecular weight excluding hydrogens is 240 g/mol. The maximum atomic E-state index is 11.8. The van der Waals surface area contributed by atoms with Gasteiger partial charge in [-0.05, 0) is 37.5 Å². The fourth-order valence-corrected chi connectivity index (χ4v) is 1.61.